The number of hydrogen-bond donors (Lipinski definition) is 1. The van der Waals surface area contributed by atoms with E-state index in [1.165, 1.54) is 11.1 Å². The normalized spacial score (nSPS) is 10.4. The fourth-order valence-corrected chi connectivity index (χ4v) is 3.08. The second-order valence-electron chi connectivity index (χ2n) is 6.51. The average Bonchev–Trinajstić information content (AvgIpc) is 2.70. The van der Waals surface area contributed by atoms with Crippen LogP contribution in [0, 0.1) is 6.92 Å². The number of aromatic nitrogens is 1. The summed E-state index contributed by atoms with van der Waals surface area (Å²) >= 11 is 0. The zero-order chi connectivity index (χ0) is 19.1. The first-order valence-electron chi connectivity index (χ1n) is 9.28. The molecule has 4 nitrogen and oxygen atoms in total. The Morgan fingerprint density at radius 1 is 1.00 bits per heavy atom. The summed E-state index contributed by atoms with van der Waals surface area (Å²) in [4.78, 5) is 19.0. The highest BCUT2D eigenvalue weighted by atomic mass is 16.1. The molecule has 1 heterocycles. The van der Waals surface area contributed by atoms with Crippen molar-refractivity contribution in [3.05, 3.63) is 89.7 Å². The van der Waals surface area contributed by atoms with Crippen LogP contribution in [-0.4, -0.2) is 24.0 Å². The summed E-state index contributed by atoms with van der Waals surface area (Å²) in [6.07, 6.45) is 4.22. The minimum absolute atomic E-state index is 0.0967. The van der Waals surface area contributed by atoms with Gasteiger partial charge in [-0.2, -0.15) is 0 Å². The molecule has 0 saturated carbocycles. The van der Waals surface area contributed by atoms with Gasteiger partial charge >= 0.3 is 0 Å². The van der Waals surface area contributed by atoms with Crippen LogP contribution in [0.4, 0.5) is 11.4 Å². The number of hydrogen-bond acceptors (Lipinski definition) is 3. The molecule has 2 aromatic carbocycles. The number of nitrogens with one attached hydrogen (secondary N) is 1. The second-order valence-corrected chi connectivity index (χ2v) is 6.51. The molecule has 0 atom stereocenters. The predicted molar refractivity (Wildman–Crippen MR) is 111 cm³/mol. The largest absolute Gasteiger partial charge is 0.352 e. The molecular weight excluding hydrogens is 334 g/mol. The number of benzene rings is 2. The first-order valence-corrected chi connectivity index (χ1v) is 9.28. The first kappa shape index (κ1) is 18.6. The van der Waals surface area contributed by atoms with Crippen molar-refractivity contribution < 1.29 is 4.79 Å². The predicted octanol–water partition coefficient (Wildman–Crippen LogP) is 4.52. The number of anilines is 2. The van der Waals surface area contributed by atoms with Crippen molar-refractivity contribution >= 4 is 17.3 Å². The molecule has 3 aromatic rings. The van der Waals surface area contributed by atoms with Crippen LogP contribution in [0.5, 0.6) is 0 Å². The summed E-state index contributed by atoms with van der Waals surface area (Å²) in [6, 6.07) is 20.4. The highest BCUT2D eigenvalue weighted by Gasteiger charge is 2.12. The van der Waals surface area contributed by atoms with E-state index in [-0.39, 0.29) is 5.91 Å². The number of nitrogens with zero attached hydrogens (tertiary/aromatic N) is 2. The summed E-state index contributed by atoms with van der Waals surface area (Å²) in [7, 11) is 0. The van der Waals surface area contributed by atoms with Gasteiger partial charge in [-0.3, -0.25) is 9.78 Å². The third-order valence-corrected chi connectivity index (χ3v) is 4.47. The summed E-state index contributed by atoms with van der Waals surface area (Å²) in [5.74, 6) is -0.0967. The standard InChI is InChI=1S/C23H25N3O/c1-3-26(21-11-7-8-18(2)14-21)22-15-20(16-24-17-22)23(27)25-13-12-19-9-5-4-6-10-19/h4-11,14-17H,3,12-13H2,1-2H3,(H,25,27). The Bertz CT molecular complexity index is 893. The van der Waals surface area contributed by atoms with Crippen LogP contribution >= 0.6 is 0 Å². The molecule has 1 aromatic heterocycles. The Labute approximate surface area is 160 Å². The van der Waals surface area contributed by atoms with Crippen molar-refractivity contribution in [3.8, 4) is 0 Å². The van der Waals surface area contributed by atoms with E-state index in [1.54, 1.807) is 12.4 Å². The average molecular weight is 359 g/mol. The third kappa shape index (κ3) is 4.94. The SMILES string of the molecule is CCN(c1cccc(C)c1)c1cncc(C(=O)NCCc2ccccc2)c1. The summed E-state index contributed by atoms with van der Waals surface area (Å²) in [5, 5.41) is 2.98. The van der Waals surface area contributed by atoms with E-state index in [0.717, 1.165) is 24.3 Å². The van der Waals surface area contributed by atoms with Crippen LogP contribution in [0.3, 0.4) is 0 Å². The van der Waals surface area contributed by atoms with Crippen molar-refractivity contribution in [2.75, 3.05) is 18.0 Å². The molecule has 1 amide bonds. The Hall–Kier alpha value is -3.14. The maximum Gasteiger partial charge on any atom is 0.252 e. The number of carbonyl (C=O) groups is 1. The smallest absolute Gasteiger partial charge is 0.252 e. The van der Waals surface area contributed by atoms with Gasteiger partial charge in [-0.1, -0.05) is 42.5 Å². The van der Waals surface area contributed by atoms with Gasteiger partial charge in [0.05, 0.1) is 17.4 Å². The number of aryl methyl sites for hydroxylation is 1. The second kappa shape index (κ2) is 8.99. The maximum atomic E-state index is 12.5. The van der Waals surface area contributed by atoms with Crippen LogP contribution < -0.4 is 10.2 Å². The molecule has 0 aliphatic carbocycles. The monoisotopic (exact) mass is 359 g/mol. The Balaban J connectivity index is 1.69. The van der Waals surface area contributed by atoms with E-state index in [4.69, 9.17) is 0 Å². The van der Waals surface area contributed by atoms with Gasteiger partial charge in [0.2, 0.25) is 0 Å². The van der Waals surface area contributed by atoms with Crippen LogP contribution in [0.25, 0.3) is 0 Å². The van der Waals surface area contributed by atoms with Crippen molar-refractivity contribution in [2.45, 2.75) is 20.3 Å². The van der Waals surface area contributed by atoms with E-state index in [1.807, 2.05) is 30.3 Å². The zero-order valence-electron chi connectivity index (χ0n) is 15.9. The highest BCUT2D eigenvalue weighted by Crippen LogP contribution is 2.25. The maximum absolute atomic E-state index is 12.5. The Morgan fingerprint density at radius 2 is 1.81 bits per heavy atom. The van der Waals surface area contributed by atoms with Gasteiger partial charge in [-0.25, -0.2) is 0 Å². The zero-order valence-corrected chi connectivity index (χ0v) is 15.9. The van der Waals surface area contributed by atoms with E-state index in [9.17, 15) is 4.79 Å². The molecule has 0 spiro atoms. The van der Waals surface area contributed by atoms with Crippen LogP contribution in [0.15, 0.2) is 73.1 Å². The molecule has 0 aliphatic heterocycles. The molecule has 0 saturated heterocycles. The molecule has 0 aliphatic rings. The fourth-order valence-electron chi connectivity index (χ4n) is 3.08. The van der Waals surface area contributed by atoms with E-state index in [0.29, 0.717) is 12.1 Å². The highest BCUT2D eigenvalue weighted by molar-refractivity contribution is 5.95. The minimum atomic E-state index is -0.0967. The first-order chi connectivity index (χ1) is 13.2. The Kier molecular flexibility index (Phi) is 6.21. The number of pyridine rings is 1. The van der Waals surface area contributed by atoms with Crippen molar-refractivity contribution in [1.29, 1.82) is 0 Å². The van der Waals surface area contributed by atoms with Crippen LogP contribution in [-0.2, 0) is 6.42 Å². The number of carbonyl (C=O) groups excluding carboxylic acids is 1. The number of rotatable bonds is 7. The molecule has 27 heavy (non-hydrogen) atoms. The molecule has 0 unspecified atom stereocenters. The molecule has 1 N–H and O–H groups in total. The van der Waals surface area contributed by atoms with Gasteiger partial charge in [-0.05, 0) is 49.6 Å². The lowest BCUT2D eigenvalue weighted by atomic mass is 10.1. The van der Waals surface area contributed by atoms with E-state index >= 15 is 0 Å². The van der Waals surface area contributed by atoms with Gasteiger partial charge in [0, 0.05) is 25.0 Å². The van der Waals surface area contributed by atoms with Gasteiger partial charge in [0.25, 0.3) is 5.91 Å². The summed E-state index contributed by atoms with van der Waals surface area (Å²) in [5.41, 5.74) is 5.00. The van der Waals surface area contributed by atoms with Gasteiger partial charge < -0.3 is 10.2 Å². The van der Waals surface area contributed by atoms with Gasteiger partial charge in [0.15, 0.2) is 0 Å². The molecule has 0 bridgehead atoms. The van der Waals surface area contributed by atoms with Gasteiger partial charge in [0.1, 0.15) is 0 Å². The van der Waals surface area contributed by atoms with Crippen molar-refractivity contribution in [2.24, 2.45) is 0 Å². The fraction of sp³-hybridized carbons (Fsp3) is 0.217. The molecular formula is C23H25N3O. The molecule has 0 fully saturated rings. The van der Waals surface area contributed by atoms with Crippen LogP contribution in [0.2, 0.25) is 0 Å². The lowest BCUT2D eigenvalue weighted by molar-refractivity contribution is 0.0954. The lowest BCUT2D eigenvalue weighted by Gasteiger charge is -2.23. The topological polar surface area (TPSA) is 45.2 Å². The quantitative estimate of drug-likeness (QED) is 0.674. The molecule has 0 radical (unpaired) electrons. The minimum Gasteiger partial charge on any atom is -0.352 e. The molecule has 138 valence electrons. The van der Waals surface area contributed by atoms with Gasteiger partial charge in [-0.15, -0.1) is 0 Å². The Morgan fingerprint density at radius 3 is 2.56 bits per heavy atom. The lowest BCUT2D eigenvalue weighted by Crippen LogP contribution is -2.26. The van der Waals surface area contributed by atoms with E-state index in [2.05, 4.69) is 59.4 Å². The third-order valence-electron chi connectivity index (χ3n) is 4.47. The molecule has 3 rings (SSSR count). The van der Waals surface area contributed by atoms with E-state index < -0.39 is 0 Å². The van der Waals surface area contributed by atoms with Crippen LogP contribution in [0.1, 0.15) is 28.4 Å². The van der Waals surface area contributed by atoms with Crippen molar-refractivity contribution in [3.63, 3.8) is 0 Å². The molecule has 4 heteroatoms. The summed E-state index contributed by atoms with van der Waals surface area (Å²) < 4.78 is 0. The number of amides is 1. The van der Waals surface area contributed by atoms with Crippen molar-refractivity contribution in [1.82, 2.24) is 10.3 Å². The summed E-state index contributed by atoms with van der Waals surface area (Å²) in [6.45, 7) is 5.56.